The van der Waals surface area contributed by atoms with E-state index in [4.69, 9.17) is 23.2 Å². The SMILES string of the molecule is CCc1nn(CC)c(CC(O)c2scc(C)c2Cl)c1Cl. The van der Waals surface area contributed by atoms with Gasteiger partial charge in [0.15, 0.2) is 0 Å². The molecule has 0 aliphatic heterocycles. The standard InChI is InChI=1S/C14H18Cl2N2OS/c1-4-9-13(16)10(18(5-2)17-9)6-11(19)14-12(15)8(3)7-20-14/h7,11,19H,4-6H2,1-3H3. The molecule has 0 fully saturated rings. The van der Waals surface area contributed by atoms with Crippen molar-refractivity contribution in [3.05, 3.63) is 37.3 Å². The highest BCUT2D eigenvalue weighted by Gasteiger charge is 2.21. The van der Waals surface area contributed by atoms with Crippen molar-refractivity contribution in [2.45, 2.75) is 46.3 Å². The van der Waals surface area contributed by atoms with Gasteiger partial charge in [0.25, 0.3) is 0 Å². The number of aryl methyl sites for hydroxylation is 3. The number of aliphatic hydroxyl groups excluding tert-OH is 1. The molecule has 0 aliphatic carbocycles. The average molecular weight is 333 g/mol. The zero-order valence-electron chi connectivity index (χ0n) is 11.8. The van der Waals surface area contributed by atoms with Gasteiger partial charge in [-0.15, -0.1) is 11.3 Å². The maximum atomic E-state index is 10.4. The zero-order chi connectivity index (χ0) is 14.9. The van der Waals surface area contributed by atoms with Gasteiger partial charge in [0.1, 0.15) is 0 Å². The normalized spacial score (nSPS) is 12.9. The Morgan fingerprint density at radius 2 is 2.05 bits per heavy atom. The van der Waals surface area contributed by atoms with E-state index in [0.29, 0.717) is 16.5 Å². The summed E-state index contributed by atoms with van der Waals surface area (Å²) in [5, 5.41) is 18.2. The Morgan fingerprint density at radius 1 is 1.35 bits per heavy atom. The van der Waals surface area contributed by atoms with Crippen LogP contribution < -0.4 is 0 Å². The maximum absolute atomic E-state index is 10.4. The van der Waals surface area contributed by atoms with Crippen molar-refractivity contribution in [3.8, 4) is 0 Å². The van der Waals surface area contributed by atoms with E-state index in [0.717, 1.165) is 34.8 Å². The quantitative estimate of drug-likeness (QED) is 0.880. The highest BCUT2D eigenvalue weighted by Crippen LogP contribution is 2.35. The van der Waals surface area contributed by atoms with E-state index in [1.807, 2.05) is 30.8 Å². The molecule has 1 atom stereocenters. The van der Waals surface area contributed by atoms with Gasteiger partial charge in [-0.1, -0.05) is 30.1 Å². The maximum Gasteiger partial charge on any atom is 0.0952 e. The number of aromatic nitrogens is 2. The molecular formula is C14H18Cl2N2OS. The van der Waals surface area contributed by atoms with Crippen molar-refractivity contribution in [2.75, 3.05) is 0 Å². The molecule has 0 saturated heterocycles. The molecule has 0 spiro atoms. The summed E-state index contributed by atoms with van der Waals surface area (Å²) in [5.41, 5.74) is 2.75. The molecule has 0 radical (unpaired) electrons. The fraction of sp³-hybridized carbons (Fsp3) is 0.500. The van der Waals surface area contributed by atoms with Gasteiger partial charge >= 0.3 is 0 Å². The largest absolute Gasteiger partial charge is 0.387 e. The summed E-state index contributed by atoms with van der Waals surface area (Å²) in [4.78, 5) is 0.794. The van der Waals surface area contributed by atoms with Crippen LogP contribution in [0.2, 0.25) is 10.0 Å². The molecular weight excluding hydrogens is 315 g/mol. The molecule has 6 heteroatoms. The topological polar surface area (TPSA) is 38.0 Å². The Bertz CT molecular complexity index is 607. The van der Waals surface area contributed by atoms with Gasteiger partial charge in [-0.3, -0.25) is 4.68 Å². The summed E-state index contributed by atoms with van der Waals surface area (Å²) in [6.07, 6.45) is 0.568. The van der Waals surface area contributed by atoms with Crippen molar-refractivity contribution >= 4 is 34.5 Å². The van der Waals surface area contributed by atoms with Crippen LogP contribution in [0.5, 0.6) is 0 Å². The van der Waals surface area contributed by atoms with Crippen molar-refractivity contribution < 1.29 is 5.11 Å². The van der Waals surface area contributed by atoms with Crippen LogP contribution in [-0.2, 0) is 19.4 Å². The van der Waals surface area contributed by atoms with Crippen LogP contribution in [0.1, 0.15) is 41.8 Å². The molecule has 2 aromatic heterocycles. The van der Waals surface area contributed by atoms with Crippen LogP contribution in [0.4, 0.5) is 0 Å². The Labute approximate surface area is 133 Å². The number of halogens is 2. The molecule has 2 aromatic rings. The summed E-state index contributed by atoms with van der Waals surface area (Å²) in [6, 6.07) is 0. The molecule has 3 nitrogen and oxygen atoms in total. The zero-order valence-corrected chi connectivity index (χ0v) is 14.1. The molecule has 0 bridgehead atoms. The van der Waals surface area contributed by atoms with Crippen LogP contribution in [0, 0.1) is 6.92 Å². The summed E-state index contributed by atoms with van der Waals surface area (Å²) in [5.74, 6) is 0. The second kappa shape index (κ2) is 6.48. The lowest BCUT2D eigenvalue weighted by atomic mass is 10.1. The van der Waals surface area contributed by atoms with Crippen molar-refractivity contribution in [1.82, 2.24) is 9.78 Å². The molecule has 0 aromatic carbocycles. The number of aliphatic hydroxyl groups is 1. The molecule has 1 unspecified atom stereocenters. The van der Waals surface area contributed by atoms with E-state index in [9.17, 15) is 5.11 Å². The molecule has 20 heavy (non-hydrogen) atoms. The number of hydrogen-bond acceptors (Lipinski definition) is 3. The van der Waals surface area contributed by atoms with E-state index < -0.39 is 6.10 Å². The van der Waals surface area contributed by atoms with Gasteiger partial charge in [-0.2, -0.15) is 5.10 Å². The summed E-state index contributed by atoms with van der Waals surface area (Å²) >= 11 is 14.1. The predicted octanol–water partition coefficient (Wildman–Crippen LogP) is 4.42. The lowest BCUT2D eigenvalue weighted by molar-refractivity contribution is 0.179. The minimum Gasteiger partial charge on any atom is -0.387 e. The first-order valence-electron chi connectivity index (χ1n) is 6.65. The van der Waals surface area contributed by atoms with Gasteiger partial charge in [-0.25, -0.2) is 0 Å². The van der Waals surface area contributed by atoms with Crippen molar-refractivity contribution in [2.24, 2.45) is 0 Å². The lowest BCUT2D eigenvalue weighted by Gasteiger charge is -2.11. The summed E-state index contributed by atoms with van der Waals surface area (Å²) < 4.78 is 1.86. The smallest absolute Gasteiger partial charge is 0.0952 e. The molecule has 2 rings (SSSR count). The summed E-state index contributed by atoms with van der Waals surface area (Å²) in [7, 11) is 0. The third-order valence-electron chi connectivity index (χ3n) is 3.31. The molecule has 0 aliphatic rings. The van der Waals surface area contributed by atoms with E-state index in [2.05, 4.69) is 5.10 Å². The third kappa shape index (κ3) is 2.89. The van der Waals surface area contributed by atoms with E-state index in [1.165, 1.54) is 11.3 Å². The van der Waals surface area contributed by atoms with Crippen LogP contribution in [-0.4, -0.2) is 14.9 Å². The molecule has 2 heterocycles. The van der Waals surface area contributed by atoms with E-state index in [-0.39, 0.29) is 0 Å². The van der Waals surface area contributed by atoms with Gasteiger partial charge in [0.05, 0.1) is 32.4 Å². The average Bonchev–Trinajstić information content (AvgIpc) is 2.92. The minimum atomic E-state index is -0.648. The van der Waals surface area contributed by atoms with E-state index in [1.54, 1.807) is 0 Å². The van der Waals surface area contributed by atoms with Gasteiger partial charge < -0.3 is 5.11 Å². The van der Waals surface area contributed by atoms with Crippen LogP contribution in [0.15, 0.2) is 5.38 Å². The van der Waals surface area contributed by atoms with Crippen molar-refractivity contribution in [1.29, 1.82) is 0 Å². The highest BCUT2D eigenvalue weighted by molar-refractivity contribution is 7.10. The van der Waals surface area contributed by atoms with Crippen LogP contribution in [0.3, 0.4) is 0 Å². The summed E-state index contributed by atoms with van der Waals surface area (Å²) in [6.45, 7) is 6.71. The second-order valence-corrected chi connectivity index (χ2v) is 6.36. The number of rotatable bonds is 5. The van der Waals surface area contributed by atoms with Crippen LogP contribution in [0.25, 0.3) is 0 Å². The number of nitrogens with zero attached hydrogens (tertiary/aromatic N) is 2. The highest BCUT2D eigenvalue weighted by atomic mass is 35.5. The van der Waals surface area contributed by atoms with Gasteiger partial charge in [0, 0.05) is 13.0 Å². The Morgan fingerprint density at radius 3 is 2.55 bits per heavy atom. The monoisotopic (exact) mass is 332 g/mol. The molecule has 110 valence electrons. The van der Waals surface area contributed by atoms with E-state index >= 15 is 0 Å². The molecule has 0 saturated carbocycles. The van der Waals surface area contributed by atoms with Crippen molar-refractivity contribution in [3.63, 3.8) is 0 Å². The fourth-order valence-electron chi connectivity index (χ4n) is 2.16. The van der Waals surface area contributed by atoms with Crippen LogP contribution >= 0.6 is 34.5 Å². The first-order valence-corrected chi connectivity index (χ1v) is 8.28. The number of thiophene rings is 1. The Hall–Kier alpha value is -0.550. The molecule has 1 N–H and O–H groups in total. The van der Waals surface area contributed by atoms with Gasteiger partial charge in [-0.05, 0) is 31.2 Å². The second-order valence-electron chi connectivity index (χ2n) is 4.69. The third-order valence-corrected chi connectivity index (χ3v) is 5.56. The van der Waals surface area contributed by atoms with Gasteiger partial charge in [0.2, 0.25) is 0 Å². The molecule has 0 amide bonds. The fourth-order valence-corrected chi connectivity index (χ4v) is 3.81. The minimum absolute atomic E-state index is 0.430. The lowest BCUT2D eigenvalue weighted by Crippen LogP contribution is -2.08. The first kappa shape index (κ1) is 15.8. The number of hydrogen-bond donors (Lipinski definition) is 1. The Kier molecular flexibility index (Phi) is 5.13. The first-order chi connectivity index (χ1) is 9.49. The predicted molar refractivity (Wildman–Crippen MR) is 85.0 cm³/mol. The Balaban J connectivity index is 2.30.